The predicted molar refractivity (Wildman–Crippen MR) is 78.6 cm³/mol. The Hall–Kier alpha value is -1.32. The second kappa shape index (κ2) is 4.99. The molecule has 2 nitrogen and oxygen atoms in total. The Morgan fingerprint density at radius 2 is 1.89 bits per heavy atom. The summed E-state index contributed by atoms with van der Waals surface area (Å²) in [6, 6.07) is 11.9. The van der Waals surface area contributed by atoms with Crippen molar-refractivity contribution in [2.75, 3.05) is 7.11 Å². The molecule has 3 heteroatoms. The lowest BCUT2D eigenvalue weighted by Crippen LogP contribution is -2.10. The average Bonchev–Trinajstić information content (AvgIpc) is 2.39. The first-order chi connectivity index (χ1) is 9.19. The zero-order chi connectivity index (χ0) is 13.4. The summed E-state index contributed by atoms with van der Waals surface area (Å²) >= 11 is 3.44. The number of methoxy groups -OCH3 is 1. The van der Waals surface area contributed by atoms with Crippen LogP contribution in [0.1, 0.15) is 28.4 Å². The standard InChI is InChI=1S/C16H15BrO2/c1-19-15-7-6-13(17)9-14(15)16(18)12-5-3-10-2-4-11(10)8-12/h3,5-9,16,18H,2,4H2,1H3. The summed E-state index contributed by atoms with van der Waals surface area (Å²) in [4.78, 5) is 0. The van der Waals surface area contributed by atoms with E-state index in [2.05, 4.69) is 28.1 Å². The molecule has 2 aromatic rings. The van der Waals surface area contributed by atoms with Gasteiger partial charge in [-0.15, -0.1) is 0 Å². The molecule has 3 rings (SSSR count). The predicted octanol–water partition coefficient (Wildman–Crippen LogP) is 3.64. The molecule has 98 valence electrons. The molecule has 0 fully saturated rings. The second-order valence-electron chi connectivity index (χ2n) is 4.82. The fourth-order valence-electron chi connectivity index (χ4n) is 2.48. The molecule has 1 aliphatic rings. The lowest BCUT2D eigenvalue weighted by molar-refractivity contribution is 0.214. The highest BCUT2D eigenvalue weighted by Gasteiger charge is 2.19. The Kier molecular flexibility index (Phi) is 3.33. The van der Waals surface area contributed by atoms with E-state index in [1.165, 1.54) is 11.1 Å². The van der Waals surface area contributed by atoms with Crippen molar-refractivity contribution in [3.8, 4) is 5.75 Å². The summed E-state index contributed by atoms with van der Waals surface area (Å²) in [5, 5.41) is 10.6. The maximum absolute atomic E-state index is 10.6. The third-order valence-electron chi connectivity index (χ3n) is 3.70. The van der Waals surface area contributed by atoms with Gasteiger partial charge in [0.2, 0.25) is 0 Å². The maximum Gasteiger partial charge on any atom is 0.125 e. The number of ether oxygens (including phenoxy) is 1. The molecule has 0 bridgehead atoms. The summed E-state index contributed by atoms with van der Waals surface area (Å²) in [5.41, 5.74) is 4.47. The number of aryl methyl sites for hydroxylation is 2. The van der Waals surface area contributed by atoms with Crippen LogP contribution in [-0.4, -0.2) is 12.2 Å². The van der Waals surface area contributed by atoms with Gasteiger partial charge in [-0.2, -0.15) is 0 Å². The third-order valence-corrected chi connectivity index (χ3v) is 4.19. The first-order valence-electron chi connectivity index (χ1n) is 6.32. The SMILES string of the molecule is COc1ccc(Br)cc1C(O)c1ccc2c(c1)CC2. The van der Waals surface area contributed by atoms with Crippen LogP contribution in [0.25, 0.3) is 0 Å². The summed E-state index contributed by atoms with van der Waals surface area (Å²) < 4.78 is 6.27. The smallest absolute Gasteiger partial charge is 0.125 e. The van der Waals surface area contributed by atoms with Crippen LogP contribution in [0.4, 0.5) is 0 Å². The Morgan fingerprint density at radius 3 is 2.53 bits per heavy atom. The van der Waals surface area contributed by atoms with Gasteiger partial charge >= 0.3 is 0 Å². The van der Waals surface area contributed by atoms with Crippen molar-refractivity contribution in [1.82, 2.24) is 0 Å². The minimum absolute atomic E-state index is 0.654. The van der Waals surface area contributed by atoms with Crippen molar-refractivity contribution in [1.29, 1.82) is 0 Å². The van der Waals surface area contributed by atoms with Crippen molar-refractivity contribution >= 4 is 15.9 Å². The molecule has 1 aliphatic carbocycles. The molecular formula is C16H15BrO2. The van der Waals surface area contributed by atoms with Crippen LogP contribution >= 0.6 is 15.9 Å². The quantitative estimate of drug-likeness (QED) is 0.936. The number of aliphatic hydroxyl groups excluding tert-OH is 1. The van der Waals surface area contributed by atoms with E-state index >= 15 is 0 Å². The van der Waals surface area contributed by atoms with E-state index in [9.17, 15) is 5.11 Å². The Bertz CT molecular complexity index is 622. The number of fused-ring (bicyclic) bond motifs is 1. The molecule has 0 aliphatic heterocycles. The number of rotatable bonds is 3. The first-order valence-corrected chi connectivity index (χ1v) is 7.11. The van der Waals surface area contributed by atoms with Crippen LogP contribution in [0, 0.1) is 0 Å². The van der Waals surface area contributed by atoms with Gasteiger partial charge in [-0.05, 0) is 47.7 Å². The minimum Gasteiger partial charge on any atom is -0.496 e. The van der Waals surface area contributed by atoms with Crippen molar-refractivity contribution < 1.29 is 9.84 Å². The lowest BCUT2D eigenvalue weighted by atomic mass is 9.85. The van der Waals surface area contributed by atoms with Crippen LogP contribution < -0.4 is 4.74 Å². The van der Waals surface area contributed by atoms with Gasteiger partial charge in [0.1, 0.15) is 11.9 Å². The van der Waals surface area contributed by atoms with E-state index in [-0.39, 0.29) is 0 Å². The fourth-order valence-corrected chi connectivity index (χ4v) is 2.86. The van der Waals surface area contributed by atoms with Gasteiger partial charge in [0, 0.05) is 10.0 Å². The fraction of sp³-hybridized carbons (Fsp3) is 0.250. The molecule has 0 saturated heterocycles. The maximum atomic E-state index is 10.6. The molecule has 0 aromatic heterocycles. The molecule has 0 radical (unpaired) electrons. The van der Waals surface area contributed by atoms with Gasteiger partial charge in [0.25, 0.3) is 0 Å². The molecule has 0 heterocycles. The van der Waals surface area contributed by atoms with Crippen LogP contribution in [0.3, 0.4) is 0 Å². The van der Waals surface area contributed by atoms with E-state index in [0.717, 1.165) is 28.4 Å². The summed E-state index contributed by atoms with van der Waals surface area (Å²) in [5.74, 6) is 0.707. The number of aliphatic hydroxyl groups is 1. The minimum atomic E-state index is -0.654. The summed E-state index contributed by atoms with van der Waals surface area (Å²) in [6.07, 6.45) is 1.62. The van der Waals surface area contributed by atoms with Crippen molar-refractivity contribution in [2.45, 2.75) is 18.9 Å². The van der Waals surface area contributed by atoms with Gasteiger partial charge < -0.3 is 9.84 Å². The van der Waals surface area contributed by atoms with E-state index in [0.29, 0.717) is 5.75 Å². The van der Waals surface area contributed by atoms with Gasteiger partial charge in [-0.25, -0.2) is 0 Å². The average molecular weight is 319 g/mol. The molecule has 1 unspecified atom stereocenters. The first kappa shape index (κ1) is 12.7. The largest absolute Gasteiger partial charge is 0.496 e. The van der Waals surface area contributed by atoms with E-state index in [4.69, 9.17) is 4.74 Å². The highest BCUT2D eigenvalue weighted by atomic mass is 79.9. The van der Waals surface area contributed by atoms with E-state index < -0.39 is 6.10 Å². The van der Waals surface area contributed by atoms with Crippen molar-refractivity contribution in [3.05, 3.63) is 63.1 Å². The molecule has 2 aromatic carbocycles. The van der Waals surface area contributed by atoms with Gasteiger partial charge in [0.15, 0.2) is 0 Å². The van der Waals surface area contributed by atoms with Crippen LogP contribution in [0.2, 0.25) is 0 Å². The van der Waals surface area contributed by atoms with Gasteiger partial charge in [0.05, 0.1) is 7.11 Å². The number of hydrogen-bond acceptors (Lipinski definition) is 2. The normalized spacial score (nSPS) is 14.5. The molecule has 1 N–H and O–H groups in total. The molecule has 0 amide bonds. The molecular weight excluding hydrogens is 304 g/mol. The Labute approximate surface area is 121 Å². The third kappa shape index (κ3) is 2.28. The molecule has 0 spiro atoms. The van der Waals surface area contributed by atoms with Gasteiger partial charge in [-0.1, -0.05) is 34.1 Å². The zero-order valence-electron chi connectivity index (χ0n) is 10.7. The summed E-state index contributed by atoms with van der Waals surface area (Å²) in [7, 11) is 1.62. The highest BCUT2D eigenvalue weighted by Crippen LogP contribution is 2.34. The number of benzene rings is 2. The Balaban J connectivity index is 2.00. The molecule has 0 saturated carbocycles. The van der Waals surface area contributed by atoms with Crippen molar-refractivity contribution in [3.63, 3.8) is 0 Å². The van der Waals surface area contributed by atoms with E-state index in [1.54, 1.807) is 7.11 Å². The van der Waals surface area contributed by atoms with Crippen molar-refractivity contribution in [2.24, 2.45) is 0 Å². The Morgan fingerprint density at radius 1 is 1.11 bits per heavy atom. The number of halogens is 1. The van der Waals surface area contributed by atoms with Gasteiger partial charge in [-0.3, -0.25) is 0 Å². The monoisotopic (exact) mass is 318 g/mol. The second-order valence-corrected chi connectivity index (χ2v) is 5.73. The van der Waals surface area contributed by atoms with Crippen LogP contribution in [0.15, 0.2) is 40.9 Å². The lowest BCUT2D eigenvalue weighted by Gasteiger charge is -2.22. The van der Waals surface area contributed by atoms with E-state index in [1.807, 2.05) is 24.3 Å². The van der Waals surface area contributed by atoms with Crippen LogP contribution in [0.5, 0.6) is 5.75 Å². The van der Waals surface area contributed by atoms with Crippen LogP contribution in [-0.2, 0) is 12.8 Å². The zero-order valence-corrected chi connectivity index (χ0v) is 12.3. The number of hydrogen-bond donors (Lipinski definition) is 1. The molecule has 1 atom stereocenters. The highest BCUT2D eigenvalue weighted by molar-refractivity contribution is 9.10. The summed E-state index contributed by atoms with van der Waals surface area (Å²) in [6.45, 7) is 0. The molecule has 19 heavy (non-hydrogen) atoms. The topological polar surface area (TPSA) is 29.5 Å².